The van der Waals surface area contributed by atoms with Gasteiger partial charge in [-0.3, -0.25) is 9.63 Å². The lowest BCUT2D eigenvalue weighted by molar-refractivity contribution is -0.0000225. The quantitative estimate of drug-likeness (QED) is 0.401. The molecule has 8 heteroatoms. The number of aliphatic hydroxyl groups is 1. The Morgan fingerprint density at radius 2 is 2.04 bits per heavy atom. The smallest absolute Gasteiger partial charge is 0.276 e. The molecular formula is C18H17ClFIN2O3. The average molecular weight is 491 g/mol. The Kier molecular flexibility index (Phi) is 6.01. The van der Waals surface area contributed by atoms with Crippen molar-refractivity contribution in [2.75, 3.05) is 18.5 Å². The molecule has 1 fully saturated rings. The molecule has 0 aromatic heterocycles. The SMILES string of the molecule is O=C(NOCC1(CO)CC1)c1ccc(F)cc1Nc1ccc(I)cc1Cl. The van der Waals surface area contributed by atoms with E-state index in [2.05, 4.69) is 33.4 Å². The Morgan fingerprint density at radius 1 is 1.27 bits per heavy atom. The molecule has 0 saturated heterocycles. The van der Waals surface area contributed by atoms with Crippen LogP contribution in [0.4, 0.5) is 15.8 Å². The minimum absolute atomic E-state index is 0.0253. The van der Waals surface area contributed by atoms with Crippen LogP contribution in [0.2, 0.25) is 5.02 Å². The second-order valence-corrected chi connectivity index (χ2v) is 7.97. The Labute approximate surface area is 169 Å². The van der Waals surface area contributed by atoms with Gasteiger partial charge in [0, 0.05) is 8.99 Å². The maximum Gasteiger partial charge on any atom is 0.276 e. The van der Waals surface area contributed by atoms with Gasteiger partial charge in [0.25, 0.3) is 5.91 Å². The van der Waals surface area contributed by atoms with Crippen LogP contribution in [0.25, 0.3) is 0 Å². The molecule has 1 amide bonds. The van der Waals surface area contributed by atoms with Gasteiger partial charge in [0.05, 0.1) is 35.2 Å². The highest BCUT2D eigenvalue weighted by Gasteiger charge is 2.42. The molecule has 5 nitrogen and oxygen atoms in total. The summed E-state index contributed by atoms with van der Waals surface area (Å²) in [4.78, 5) is 17.6. The Morgan fingerprint density at radius 3 is 2.69 bits per heavy atom. The highest BCUT2D eigenvalue weighted by Crippen LogP contribution is 2.44. The van der Waals surface area contributed by atoms with Crippen molar-refractivity contribution in [3.8, 4) is 0 Å². The van der Waals surface area contributed by atoms with Crippen LogP contribution in [-0.4, -0.2) is 24.2 Å². The third kappa shape index (κ3) is 4.64. The third-order valence-corrected chi connectivity index (χ3v) is 5.25. The topological polar surface area (TPSA) is 70.6 Å². The molecule has 1 saturated carbocycles. The number of halogens is 3. The van der Waals surface area contributed by atoms with Crippen molar-refractivity contribution < 1.29 is 19.1 Å². The summed E-state index contributed by atoms with van der Waals surface area (Å²) in [5.74, 6) is -0.994. The third-order valence-electron chi connectivity index (χ3n) is 4.26. The zero-order valence-electron chi connectivity index (χ0n) is 13.7. The van der Waals surface area contributed by atoms with E-state index < -0.39 is 11.7 Å². The molecule has 1 aliphatic rings. The van der Waals surface area contributed by atoms with Crippen LogP contribution in [0.15, 0.2) is 36.4 Å². The van der Waals surface area contributed by atoms with Gasteiger partial charge in [-0.2, -0.15) is 0 Å². The van der Waals surface area contributed by atoms with Crippen molar-refractivity contribution >= 4 is 51.5 Å². The van der Waals surface area contributed by atoms with Gasteiger partial charge < -0.3 is 10.4 Å². The minimum Gasteiger partial charge on any atom is -0.396 e. The number of rotatable bonds is 7. The Bertz CT molecular complexity index is 830. The molecule has 0 unspecified atom stereocenters. The zero-order chi connectivity index (χ0) is 18.7. The van der Waals surface area contributed by atoms with E-state index in [1.807, 2.05) is 6.07 Å². The van der Waals surface area contributed by atoms with E-state index in [1.54, 1.807) is 12.1 Å². The van der Waals surface area contributed by atoms with E-state index in [4.69, 9.17) is 16.4 Å². The van der Waals surface area contributed by atoms with E-state index >= 15 is 0 Å². The summed E-state index contributed by atoms with van der Waals surface area (Å²) in [5, 5.41) is 12.7. The largest absolute Gasteiger partial charge is 0.396 e. The fourth-order valence-electron chi connectivity index (χ4n) is 2.39. The fourth-order valence-corrected chi connectivity index (χ4v) is 3.29. The summed E-state index contributed by atoms with van der Waals surface area (Å²) in [6, 6.07) is 9.16. The summed E-state index contributed by atoms with van der Waals surface area (Å²) in [6.45, 7) is 0.264. The standard InChI is InChI=1S/C18H17ClFIN2O3/c19-14-8-12(21)2-4-15(14)22-16-7-11(20)1-3-13(16)17(25)23-26-10-18(9-24)5-6-18/h1-4,7-8,22,24H,5-6,9-10H2,(H,23,25). The van der Waals surface area contributed by atoms with Crippen LogP contribution in [0, 0.1) is 14.8 Å². The van der Waals surface area contributed by atoms with Gasteiger partial charge >= 0.3 is 0 Å². The van der Waals surface area contributed by atoms with Crippen LogP contribution in [0.3, 0.4) is 0 Å². The zero-order valence-corrected chi connectivity index (χ0v) is 16.6. The van der Waals surface area contributed by atoms with E-state index in [1.165, 1.54) is 18.2 Å². The van der Waals surface area contributed by atoms with Gasteiger partial charge in [-0.25, -0.2) is 9.87 Å². The minimum atomic E-state index is -0.511. The molecule has 138 valence electrons. The van der Waals surface area contributed by atoms with Crippen LogP contribution in [0.1, 0.15) is 23.2 Å². The normalized spacial score (nSPS) is 14.8. The maximum absolute atomic E-state index is 13.7. The van der Waals surface area contributed by atoms with Crippen molar-refractivity contribution in [3.05, 3.63) is 56.4 Å². The molecule has 26 heavy (non-hydrogen) atoms. The number of amides is 1. The van der Waals surface area contributed by atoms with Gasteiger partial charge in [-0.15, -0.1) is 0 Å². The number of carbonyl (C=O) groups is 1. The molecule has 0 atom stereocenters. The number of hydroxylamine groups is 1. The van der Waals surface area contributed by atoms with Crippen molar-refractivity contribution in [2.45, 2.75) is 12.8 Å². The summed E-state index contributed by atoms with van der Waals surface area (Å²) in [6.07, 6.45) is 1.74. The van der Waals surface area contributed by atoms with Gasteiger partial charge in [0.2, 0.25) is 0 Å². The van der Waals surface area contributed by atoms with Crippen LogP contribution < -0.4 is 10.8 Å². The summed E-state index contributed by atoms with van der Waals surface area (Å²) in [5.41, 5.74) is 3.16. The molecule has 0 bridgehead atoms. The number of anilines is 2. The number of hydrogen-bond acceptors (Lipinski definition) is 4. The fraction of sp³-hybridized carbons (Fsp3) is 0.278. The molecule has 2 aromatic carbocycles. The molecule has 1 aliphatic carbocycles. The second-order valence-electron chi connectivity index (χ2n) is 6.32. The second kappa shape index (κ2) is 8.08. The molecule has 0 spiro atoms. The van der Waals surface area contributed by atoms with E-state index in [0.717, 1.165) is 16.4 Å². The molecule has 0 radical (unpaired) electrons. The first kappa shape index (κ1) is 19.3. The van der Waals surface area contributed by atoms with Crippen LogP contribution in [0.5, 0.6) is 0 Å². The highest BCUT2D eigenvalue weighted by molar-refractivity contribution is 14.1. The van der Waals surface area contributed by atoms with Crippen molar-refractivity contribution in [3.63, 3.8) is 0 Å². The van der Waals surface area contributed by atoms with Crippen LogP contribution in [-0.2, 0) is 4.84 Å². The lowest BCUT2D eigenvalue weighted by atomic mass is 10.1. The molecule has 0 aliphatic heterocycles. The Balaban J connectivity index is 1.73. The highest BCUT2D eigenvalue weighted by atomic mass is 127. The molecule has 3 rings (SSSR count). The predicted octanol–water partition coefficient (Wildman–Crippen LogP) is 4.26. The van der Waals surface area contributed by atoms with Gasteiger partial charge in [0.15, 0.2) is 0 Å². The van der Waals surface area contributed by atoms with E-state index in [9.17, 15) is 14.3 Å². The number of carbonyl (C=O) groups excluding carboxylic acids is 1. The average Bonchev–Trinajstić information content (AvgIpc) is 3.38. The first-order valence-electron chi connectivity index (χ1n) is 7.97. The summed E-state index contributed by atoms with van der Waals surface area (Å²) >= 11 is 8.33. The van der Waals surface area contributed by atoms with E-state index in [-0.39, 0.29) is 29.9 Å². The first-order chi connectivity index (χ1) is 12.4. The number of benzene rings is 2. The van der Waals surface area contributed by atoms with E-state index in [0.29, 0.717) is 10.7 Å². The number of hydrogen-bond donors (Lipinski definition) is 3. The molecule has 3 N–H and O–H groups in total. The summed E-state index contributed by atoms with van der Waals surface area (Å²) in [7, 11) is 0. The first-order valence-corrected chi connectivity index (χ1v) is 9.43. The van der Waals surface area contributed by atoms with Crippen LogP contribution >= 0.6 is 34.2 Å². The molecular weight excluding hydrogens is 474 g/mol. The monoisotopic (exact) mass is 490 g/mol. The lowest BCUT2D eigenvalue weighted by Gasteiger charge is -2.15. The molecule has 0 heterocycles. The maximum atomic E-state index is 13.7. The van der Waals surface area contributed by atoms with Crippen molar-refractivity contribution in [1.29, 1.82) is 0 Å². The predicted molar refractivity (Wildman–Crippen MR) is 106 cm³/mol. The molecule has 2 aromatic rings. The van der Waals surface area contributed by atoms with Crippen molar-refractivity contribution in [1.82, 2.24) is 5.48 Å². The lowest BCUT2D eigenvalue weighted by Crippen LogP contribution is -2.28. The van der Waals surface area contributed by atoms with Crippen molar-refractivity contribution in [2.24, 2.45) is 5.41 Å². The number of aliphatic hydroxyl groups excluding tert-OH is 1. The number of nitrogens with one attached hydrogen (secondary N) is 2. The van der Waals surface area contributed by atoms with Gasteiger partial charge in [0.1, 0.15) is 5.82 Å². The van der Waals surface area contributed by atoms with Gasteiger partial charge in [-0.05, 0) is 71.8 Å². The van der Waals surface area contributed by atoms with Gasteiger partial charge in [-0.1, -0.05) is 11.6 Å². The Hall–Kier alpha value is -1.42. The summed E-state index contributed by atoms with van der Waals surface area (Å²) < 4.78 is 14.6.